The number of anilines is 1. The quantitative estimate of drug-likeness (QED) is 0.829. The van der Waals surface area contributed by atoms with Gasteiger partial charge in [0.25, 0.3) is 5.91 Å². The number of rotatable bonds is 2. The van der Waals surface area contributed by atoms with Crippen LogP contribution in [0.4, 0.5) is 10.5 Å². The van der Waals surface area contributed by atoms with E-state index in [2.05, 4.69) is 0 Å². The van der Waals surface area contributed by atoms with Crippen molar-refractivity contribution in [2.45, 2.75) is 26.4 Å². The molecule has 108 valence electrons. The maximum atomic E-state index is 12.4. The molecule has 2 amide bonds. The highest BCUT2D eigenvalue weighted by molar-refractivity contribution is 5.98. The van der Waals surface area contributed by atoms with Gasteiger partial charge in [0.05, 0.1) is 25.9 Å². The Labute approximate surface area is 117 Å². The smallest absolute Gasteiger partial charge is 0.410 e. The van der Waals surface area contributed by atoms with Crippen LogP contribution in [0.3, 0.4) is 0 Å². The number of benzene rings is 1. The molecule has 1 aliphatic rings. The van der Waals surface area contributed by atoms with Crippen LogP contribution in [-0.2, 0) is 20.9 Å². The maximum absolute atomic E-state index is 12.4. The molecule has 1 heterocycles. The van der Waals surface area contributed by atoms with Crippen LogP contribution in [0.1, 0.15) is 19.4 Å². The second-order valence-electron chi connectivity index (χ2n) is 4.45. The van der Waals surface area contributed by atoms with Gasteiger partial charge in [-0.25, -0.2) is 4.79 Å². The highest BCUT2D eigenvalue weighted by Crippen LogP contribution is 2.28. The van der Waals surface area contributed by atoms with Gasteiger partial charge in [-0.2, -0.15) is 5.06 Å². The number of hydroxylamine groups is 1. The molecule has 2 rings (SSSR count). The van der Waals surface area contributed by atoms with E-state index in [1.807, 2.05) is 18.2 Å². The van der Waals surface area contributed by atoms with Crippen molar-refractivity contribution < 1.29 is 19.2 Å². The highest BCUT2D eigenvalue weighted by atomic mass is 16.7. The number of para-hydroxylation sites is 1. The second-order valence-corrected chi connectivity index (χ2v) is 4.45. The molecule has 1 atom stereocenters. The molecular weight excluding hydrogens is 260 g/mol. The number of carbonyl (C=O) groups is 2. The molecular formula is C14H18N2O4. The first kappa shape index (κ1) is 14.3. The second kappa shape index (κ2) is 5.92. The normalized spacial score (nSPS) is 18.6. The van der Waals surface area contributed by atoms with Crippen LogP contribution < -0.4 is 5.06 Å². The first-order chi connectivity index (χ1) is 9.60. The van der Waals surface area contributed by atoms with E-state index < -0.39 is 12.1 Å². The SMILES string of the molecule is CCOC(=O)N1Cc2ccccc2N(OC)C(=O)C1C. The number of nitrogens with zero attached hydrogens (tertiary/aromatic N) is 2. The summed E-state index contributed by atoms with van der Waals surface area (Å²) >= 11 is 0. The van der Waals surface area contributed by atoms with Gasteiger partial charge in [-0.3, -0.25) is 14.5 Å². The lowest BCUT2D eigenvalue weighted by atomic mass is 10.1. The van der Waals surface area contributed by atoms with Crippen molar-refractivity contribution in [3.63, 3.8) is 0 Å². The minimum absolute atomic E-state index is 0.270. The third-order valence-corrected chi connectivity index (χ3v) is 3.26. The standard InChI is InChI=1S/C14H18N2O4/c1-4-20-14(18)15-9-11-7-5-6-8-12(11)16(19-3)13(17)10(15)2/h5-8,10H,4,9H2,1-3H3. The minimum Gasteiger partial charge on any atom is -0.450 e. The van der Waals surface area contributed by atoms with Crippen LogP contribution in [0.15, 0.2) is 24.3 Å². The van der Waals surface area contributed by atoms with Gasteiger partial charge < -0.3 is 4.74 Å². The van der Waals surface area contributed by atoms with Gasteiger partial charge in [-0.15, -0.1) is 0 Å². The number of hydrogen-bond donors (Lipinski definition) is 0. The third kappa shape index (κ3) is 2.46. The lowest BCUT2D eigenvalue weighted by Gasteiger charge is -2.26. The first-order valence-electron chi connectivity index (χ1n) is 6.49. The maximum Gasteiger partial charge on any atom is 0.410 e. The van der Waals surface area contributed by atoms with Crippen molar-refractivity contribution in [1.29, 1.82) is 0 Å². The number of fused-ring (bicyclic) bond motifs is 1. The Bertz CT molecular complexity index is 518. The van der Waals surface area contributed by atoms with Crippen molar-refractivity contribution in [2.24, 2.45) is 0 Å². The Morgan fingerprint density at radius 2 is 2.10 bits per heavy atom. The van der Waals surface area contributed by atoms with E-state index >= 15 is 0 Å². The topological polar surface area (TPSA) is 59.1 Å². The first-order valence-corrected chi connectivity index (χ1v) is 6.49. The average molecular weight is 278 g/mol. The lowest BCUT2D eigenvalue weighted by molar-refractivity contribution is -0.128. The van der Waals surface area contributed by atoms with Gasteiger partial charge in [0.1, 0.15) is 6.04 Å². The molecule has 0 aromatic heterocycles. The number of ether oxygens (including phenoxy) is 1. The molecule has 0 saturated carbocycles. The summed E-state index contributed by atoms with van der Waals surface area (Å²) in [4.78, 5) is 31.0. The zero-order valence-electron chi connectivity index (χ0n) is 11.8. The fourth-order valence-electron chi connectivity index (χ4n) is 2.20. The number of carbonyl (C=O) groups excluding carboxylic acids is 2. The Balaban J connectivity index is 2.42. The lowest BCUT2D eigenvalue weighted by Crippen LogP contribution is -2.46. The van der Waals surface area contributed by atoms with Gasteiger partial charge >= 0.3 is 6.09 Å². The van der Waals surface area contributed by atoms with Crippen LogP contribution in [0.25, 0.3) is 0 Å². The van der Waals surface area contributed by atoms with Gasteiger partial charge in [0, 0.05) is 0 Å². The number of amides is 2. The Morgan fingerprint density at radius 3 is 2.75 bits per heavy atom. The molecule has 0 saturated heterocycles. The van der Waals surface area contributed by atoms with Crippen LogP contribution in [0.2, 0.25) is 0 Å². The molecule has 0 fully saturated rings. The van der Waals surface area contributed by atoms with Crippen molar-refractivity contribution in [3.05, 3.63) is 29.8 Å². The molecule has 1 unspecified atom stereocenters. The summed E-state index contributed by atoms with van der Waals surface area (Å²) in [5.74, 6) is -0.300. The molecule has 6 nitrogen and oxygen atoms in total. The molecule has 1 aromatic rings. The zero-order valence-corrected chi connectivity index (χ0v) is 11.8. The molecule has 1 aromatic carbocycles. The predicted molar refractivity (Wildman–Crippen MR) is 73.0 cm³/mol. The van der Waals surface area contributed by atoms with E-state index in [1.165, 1.54) is 17.1 Å². The van der Waals surface area contributed by atoms with Gasteiger partial charge in [0.15, 0.2) is 0 Å². The molecule has 1 aliphatic heterocycles. The summed E-state index contributed by atoms with van der Waals surface area (Å²) in [5.41, 5.74) is 1.48. The number of hydrogen-bond acceptors (Lipinski definition) is 4. The Kier molecular flexibility index (Phi) is 4.24. The third-order valence-electron chi connectivity index (χ3n) is 3.26. The predicted octanol–water partition coefficient (Wildman–Crippen LogP) is 1.94. The largest absolute Gasteiger partial charge is 0.450 e. The summed E-state index contributed by atoms with van der Waals surface area (Å²) in [6, 6.07) is 6.68. The van der Waals surface area contributed by atoms with E-state index in [-0.39, 0.29) is 12.5 Å². The van der Waals surface area contributed by atoms with Gasteiger partial charge in [0.2, 0.25) is 0 Å². The van der Waals surface area contributed by atoms with Crippen LogP contribution >= 0.6 is 0 Å². The van der Waals surface area contributed by atoms with Crippen molar-refractivity contribution in [2.75, 3.05) is 18.8 Å². The van der Waals surface area contributed by atoms with E-state index in [9.17, 15) is 9.59 Å². The van der Waals surface area contributed by atoms with Gasteiger partial charge in [-0.05, 0) is 25.5 Å². The fourth-order valence-corrected chi connectivity index (χ4v) is 2.20. The summed E-state index contributed by atoms with van der Waals surface area (Å²) in [7, 11) is 1.43. The van der Waals surface area contributed by atoms with Crippen LogP contribution in [-0.4, -0.2) is 36.7 Å². The Morgan fingerprint density at radius 1 is 1.40 bits per heavy atom. The van der Waals surface area contributed by atoms with E-state index in [0.29, 0.717) is 12.2 Å². The highest BCUT2D eigenvalue weighted by Gasteiger charge is 2.36. The fraction of sp³-hybridized carbons (Fsp3) is 0.429. The Hall–Kier alpha value is -2.08. The van der Waals surface area contributed by atoms with Crippen LogP contribution in [0, 0.1) is 0 Å². The zero-order chi connectivity index (χ0) is 14.7. The summed E-state index contributed by atoms with van der Waals surface area (Å²) in [6.45, 7) is 3.97. The summed E-state index contributed by atoms with van der Waals surface area (Å²) < 4.78 is 5.01. The molecule has 0 N–H and O–H groups in total. The molecule has 6 heteroatoms. The molecule has 0 bridgehead atoms. The minimum atomic E-state index is -0.651. The van der Waals surface area contributed by atoms with Crippen molar-refractivity contribution >= 4 is 17.7 Å². The van der Waals surface area contributed by atoms with Gasteiger partial charge in [-0.1, -0.05) is 18.2 Å². The van der Waals surface area contributed by atoms with E-state index in [4.69, 9.17) is 9.57 Å². The van der Waals surface area contributed by atoms with E-state index in [1.54, 1.807) is 19.9 Å². The monoisotopic (exact) mass is 278 g/mol. The summed E-state index contributed by atoms with van der Waals surface area (Å²) in [6.07, 6.45) is -0.499. The average Bonchev–Trinajstić information content (AvgIpc) is 2.55. The van der Waals surface area contributed by atoms with Crippen molar-refractivity contribution in [1.82, 2.24) is 4.90 Å². The molecule has 20 heavy (non-hydrogen) atoms. The molecule has 0 radical (unpaired) electrons. The molecule has 0 aliphatic carbocycles. The van der Waals surface area contributed by atoms with E-state index in [0.717, 1.165) is 5.56 Å². The molecule has 0 spiro atoms. The van der Waals surface area contributed by atoms with Crippen LogP contribution in [0.5, 0.6) is 0 Å². The summed E-state index contributed by atoms with van der Waals surface area (Å²) in [5, 5.41) is 1.22. The van der Waals surface area contributed by atoms with Crippen molar-refractivity contribution in [3.8, 4) is 0 Å².